The lowest BCUT2D eigenvalue weighted by molar-refractivity contribution is 0.560. The molecule has 124 valence electrons. The molecule has 5 nitrogen and oxygen atoms in total. The number of nitrogens with one attached hydrogen (secondary N) is 1. The van der Waals surface area contributed by atoms with Gasteiger partial charge in [-0.3, -0.25) is 0 Å². The highest BCUT2D eigenvalue weighted by atomic mass is 32.2. The third-order valence-electron chi connectivity index (χ3n) is 3.50. The van der Waals surface area contributed by atoms with E-state index in [0.717, 1.165) is 0 Å². The summed E-state index contributed by atoms with van der Waals surface area (Å²) in [6.07, 6.45) is 0.374. The van der Waals surface area contributed by atoms with Crippen LogP contribution in [0.2, 0.25) is 0 Å². The zero-order chi connectivity index (χ0) is 17.2. The maximum Gasteiger partial charge on any atom is 0.336 e. The molecule has 0 unspecified atom stereocenters. The Bertz CT molecular complexity index is 1040. The minimum atomic E-state index is -3.71. The highest BCUT2D eigenvalue weighted by Gasteiger charge is 2.14. The van der Waals surface area contributed by atoms with Crippen molar-refractivity contribution in [1.29, 1.82) is 0 Å². The largest absolute Gasteiger partial charge is 0.423 e. The molecule has 0 aliphatic rings. The molecule has 7 heteroatoms. The molecule has 0 radical (unpaired) electrons. The summed E-state index contributed by atoms with van der Waals surface area (Å²) in [5.41, 5.74) is 0.533. The van der Waals surface area contributed by atoms with Gasteiger partial charge in [-0.05, 0) is 48.4 Å². The van der Waals surface area contributed by atoms with Crippen LogP contribution in [-0.2, 0) is 16.4 Å². The SMILES string of the molecule is O=c1ccc2cc(S(=O)(=O)NCCc3cccc(F)c3)ccc2o1. The van der Waals surface area contributed by atoms with Crippen molar-refractivity contribution in [2.45, 2.75) is 11.3 Å². The Morgan fingerprint density at radius 2 is 1.88 bits per heavy atom. The first-order chi connectivity index (χ1) is 11.4. The molecule has 0 saturated heterocycles. The summed E-state index contributed by atoms with van der Waals surface area (Å²) in [6.45, 7) is 0.147. The lowest BCUT2D eigenvalue weighted by Gasteiger charge is -2.07. The van der Waals surface area contributed by atoms with Gasteiger partial charge >= 0.3 is 5.63 Å². The van der Waals surface area contributed by atoms with E-state index in [-0.39, 0.29) is 17.3 Å². The standard InChI is InChI=1S/C17H14FNO4S/c18-14-3-1-2-12(10-14)8-9-19-24(21,22)15-5-6-16-13(11-15)4-7-17(20)23-16/h1-7,10-11,19H,8-9H2. The number of halogens is 1. The molecule has 0 atom stereocenters. The van der Waals surface area contributed by atoms with Gasteiger partial charge in [-0.25, -0.2) is 22.3 Å². The smallest absolute Gasteiger partial charge is 0.336 e. The average Bonchev–Trinajstić information content (AvgIpc) is 2.54. The predicted molar refractivity (Wildman–Crippen MR) is 87.8 cm³/mol. The van der Waals surface area contributed by atoms with Gasteiger partial charge in [0, 0.05) is 18.0 Å². The van der Waals surface area contributed by atoms with Crippen LogP contribution in [0.4, 0.5) is 4.39 Å². The third-order valence-corrected chi connectivity index (χ3v) is 4.95. The topological polar surface area (TPSA) is 76.4 Å². The molecule has 1 N–H and O–H groups in total. The van der Waals surface area contributed by atoms with Crippen molar-refractivity contribution in [3.8, 4) is 0 Å². The number of sulfonamides is 1. The molecule has 3 aromatic rings. The van der Waals surface area contributed by atoms with Crippen LogP contribution in [0.5, 0.6) is 0 Å². The molecule has 0 fully saturated rings. The second kappa shape index (κ2) is 6.54. The van der Waals surface area contributed by atoms with E-state index in [2.05, 4.69) is 4.72 Å². The van der Waals surface area contributed by atoms with Crippen LogP contribution in [-0.4, -0.2) is 15.0 Å². The Hall–Kier alpha value is -2.51. The minimum absolute atomic E-state index is 0.0723. The summed E-state index contributed by atoms with van der Waals surface area (Å²) in [4.78, 5) is 11.2. The van der Waals surface area contributed by atoms with Crippen LogP contribution < -0.4 is 10.3 Å². The molecule has 0 bridgehead atoms. The van der Waals surface area contributed by atoms with Gasteiger partial charge in [-0.1, -0.05) is 12.1 Å². The fourth-order valence-electron chi connectivity index (χ4n) is 2.32. The summed E-state index contributed by atoms with van der Waals surface area (Å²) >= 11 is 0. The maximum absolute atomic E-state index is 13.1. The van der Waals surface area contributed by atoms with E-state index in [1.165, 1.54) is 42.5 Å². The molecule has 1 heterocycles. The van der Waals surface area contributed by atoms with Crippen LogP contribution in [0.15, 0.2) is 68.7 Å². The molecule has 1 aromatic heterocycles. The normalized spacial score (nSPS) is 11.7. The second-order valence-corrected chi connectivity index (χ2v) is 7.00. The summed E-state index contributed by atoms with van der Waals surface area (Å²) in [6, 6.07) is 13.0. The lowest BCUT2D eigenvalue weighted by Crippen LogP contribution is -2.26. The van der Waals surface area contributed by atoms with Gasteiger partial charge in [0.05, 0.1) is 4.90 Å². The van der Waals surface area contributed by atoms with Crippen molar-refractivity contribution in [2.24, 2.45) is 0 Å². The Kier molecular flexibility index (Phi) is 4.46. The maximum atomic E-state index is 13.1. The molecular formula is C17H14FNO4S. The zero-order valence-corrected chi connectivity index (χ0v) is 13.3. The summed E-state index contributed by atoms with van der Waals surface area (Å²) < 4.78 is 45.2. The van der Waals surface area contributed by atoms with Crippen LogP contribution in [0.1, 0.15) is 5.56 Å². The first-order valence-electron chi connectivity index (χ1n) is 7.22. The molecule has 0 aliphatic heterocycles. The molecule has 0 spiro atoms. The first kappa shape index (κ1) is 16.4. The first-order valence-corrected chi connectivity index (χ1v) is 8.70. The van der Waals surface area contributed by atoms with Crippen LogP contribution in [0, 0.1) is 5.82 Å². The van der Waals surface area contributed by atoms with Crippen LogP contribution >= 0.6 is 0 Å². The van der Waals surface area contributed by atoms with Crippen molar-refractivity contribution in [3.63, 3.8) is 0 Å². The monoisotopic (exact) mass is 347 g/mol. The summed E-state index contributed by atoms with van der Waals surface area (Å²) in [5, 5.41) is 0.516. The summed E-state index contributed by atoms with van der Waals surface area (Å²) in [5.74, 6) is -0.355. The molecule has 0 saturated carbocycles. The zero-order valence-electron chi connectivity index (χ0n) is 12.5. The van der Waals surface area contributed by atoms with Crippen LogP contribution in [0.25, 0.3) is 11.0 Å². The number of hydrogen-bond donors (Lipinski definition) is 1. The molecule has 3 rings (SSSR count). The van der Waals surface area contributed by atoms with Crippen molar-refractivity contribution in [3.05, 3.63) is 76.4 Å². The third kappa shape index (κ3) is 3.69. The number of fused-ring (bicyclic) bond motifs is 1. The van der Waals surface area contributed by atoms with E-state index in [1.807, 2.05) is 0 Å². The molecule has 2 aromatic carbocycles. The van der Waals surface area contributed by atoms with E-state index in [0.29, 0.717) is 23.0 Å². The Morgan fingerprint density at radius 3 is 2.67 bits per heavy atom. The van der Waals surface area contributed by atoms with Gasteiger partial charge in [0.15, 0.2) is 0 Å². The van der Waals surface area contributed by atoms with Gasteiger partial charge in [-0.2, -0.15) is 0 Å². The van der Waals surface area contributed by atoms with Crippen molar-refractivity contribution >= 4 is 21.0 Å². The van der Waals surface area contributed by atoms with Gasteiger partial charge in [-0.15, -0.1) is 0 Å². The molecule has 24 heavy (non-hydrogen) atoms. The fraction of sp³-hybridized carbons (Fsp3) is 0.118. The van der Waals surface area contributed by atoms with Crippen molar-refractivity contribution < 1.29 is 17.2 Å². The van der Waals surface area contributed by atoms with Gasteiger partial charge in [0.2, 0.25) is 10.0 Å². The number of benzene rings is 2. The highest BCUT2D eigenvalue weighted by Crippen LogP contribution is 2.17. The molecular weight excluding hydrogens is 333 g/mol. The van der Waals surface area contributed by atoms with Gasteiger partial charge in [0.1, 0.15) is 11.4 Å². The van der Waals surface area contributed by atoms with E-state index in [1.54, 1.807) is 12.1 Å². The second-order valence-electron chi connectivity index (χ2n) is 5.23. The van der Waals surface area contributed by atoms with E-state index >= 15 is 0 Å². The number of rotatable bonds is 5. The number of hydrogen-bond acceptors (Lipinski definition) is 4. The highest BCUT2D eigenvalue weighted by molar-refractivity contribution is 7.89. The quantitative estimate of drug-likeness (QED) is 0.719. The molecule has 0 amide bonds. The van der Waals surface area contributed by atoms with E-state index in [4.69, 9.17) is 4.42 Å². The molecule has 0 aliphatic carbocycles. The minimum Gasteiger partial charge on any atom is -0.423 e. The lowest BCUT2D eigenvalue weighted by atomic mass is 10.1. The van der Waals surface area contributed by atoms with Crippen LogP contribution in [0.3, 0.4) is 0 Å². The average molecular weight is 347 g/mol. The van der Waals surface area contributed by atoms with Gasteiger partial charge < -0.3 is 4.42 Å². The van der Waals surface area contributed by atoms with Crippen molar-refractivity contribution in [1.82, 2.24) is 4.72 Å². The predicted octanol–water partition coefficient (Wildman–Crippen LogP) is 2.45. The fourth-order valence-corrected chi connectivity index (χ4v) is 3.39. The Balaban J connectivity index is 1.75. The Morgan fingerprint density at radius 1 is 1.04 bits per heavy atom. The summed E-state index contributed by atoms with van der Waals surface area (Å²) in [7, 11) is -3.71. The van der Waals surface area contributed by atoms with E-state index in [9.17, 15) is 17.6 Å². The van der Waals surface area contributed by atoms with Crippen molar-refractivity contribution in [2.75, 3.05) is 6.54 Å². The van der Waals surface area contributed by atoms with Gasteiger partial charge in [0.25, 0.3) is 0 Å². The van der Waals surface area contributed by atoms with E-state index < -0.39 is 15.6 Å². The Labute approximate surface area is 137 Å².